The standard InChI is InChI=1S/C30H37ClF3N7O2/c1-19-26(16-37-39(19)2)22(15-35)18-41(36)28-14-21(5-8-27(28)31)29(43)38-24-7-6-23(30(32,33)34)12-20(13-24)17-40-10-3-4-25(42)9-11-40/h5,7-8,12-14,16,18,25,42H,3-4,6,9-11,15,17,35-36H2,1-2H3,(H,38,43)/b22-18+. The Morgan fingerprint density at radius 2 is 2.05 bits per heavy atom. The summed E-state index contributed by atoms with van der Waals surface area (Å²) in [6.45, 7) is 3.58. The monoisotopic (exact) mass is 619 g/mol. The maximum Gasteiger partial charge on any atom is 0.413 e. The van der Waals surface area contributed by atoms with Crippen molar-refractivity contribution in [3.63, 3.8) is 0 Å². The number of nitrogens with one attached hydrogen (secondary N) is 1. The molecule has 1 unspecified atom stereocenters. The van der Waals surface area contributed by atoms with E-state index in [1.807, 2.05) is 18.9 Å². The predicted octanol–water partition coefficient (Wildman–Crippen LogP) is 4.34. The fourth-order valence-electron chi connectivity index (χ4n) is 5.07. The highest BCUT2D eigenvalue weighted by Gasteiger charge is 2.33. The molecule has 1 saturated heterocycles. The molecule has 0 radical (unpaired) electrons. The lowest BCUT2D eigenvalue weighted by Gasteiger charge is -2.21. The molecule has 1 aliphatic heterocycles. The second-order valence-electron chi connectivity index (χ2n) is 10.8. The summed E-state index contributed by atoms with van der Waals surface area (Å²) in [5, 5.41) is 18.5. The first-order valence-corrected chi connectivity index (χ1v) is 14.4. The van der Waals surface area contributed by atoms with Gasteiger partial charge in [0.25, 0.3) is 5.91 Å². The number of anilines is 1. The third-order valence-corrected chi connectivity index (χ3v) is 7.96. The Balaban J connectivity index is 1.56. The molecule has 1 aromatic heterocycles. The minimum absolute atomic E-state index is 0.173. The number of aliphatic hydroxyl groups is 1. The van der Waals surface area contributed by atoms with Crippen LogP contribution in [0.25, 0.3) is 5.57 Å². The molecule has 232 valence electrons. The van der Waals surface area contributed by atoms with Crippen LogP contribution < -0.4 is 21.9 Å². The second-order valence-corrected chi connectivity index (χ2v) is 11.2. The molecule has 4 rings (SSSR count). The van der Waals surface area contributed by atoms with Gasteiger partial charge in [0.15, 0.2) is 0 Å². The number of carbonyl (C=O) groups is 1. The van der Waals surface area contributed by atoms with Crippen LogP contribution in [0, 0.1) is 6.92 Å². The molecule has 2 heterocycles. The normalized spacial score (nSPS) is 18.8. The van der Waals surface area contributed by atoms with Gasteiger partial charge in [-0.1, -0.05) is 17.7 Å². The molecule has 0 saturated carbocycles. The van der Waals surface area contributed by atoms with E-state index in [1.165, 1.54) is 29.3 Å². The first-order chi connectivity index (χ1) is 20.3. The van der Waals surface area contributed by atoms with Crippen LogP contribution in [0.1, 0.15) is 47.3 Å². The molecule has 13 heteroatoms. The van der Waals surface area contributed by atoms with E-state index in [1.54, 1.807) is 23.2 Å². The highest BCUT2D eigenvalue weighted by molar-refractivity contribution is 6.33. The van der Waals surface area contributed by atoms with Crippen LogP contribution >= 0.6 is 11.6 Å². The number of aromatic nitrogens is 2. The number of nitrogens with zero attached hydrogens (tertiary/aromatic N) is 4. The van der Waals surface area contributed by atoms with Crippen molar-refractivity contribution in [2.45, 2.75) is 44.9 Å². The van der Waals surface area contributed by atoms with Crippen molar-refractivity contribution in [1.82, 2.24) is 20.0 Å². The second kappa shape index (κ2) is 13.9. The molecule has 2 aromatic rings. The summed E-state index contributed by atoms with van der Waals surface area (Å²) in [4.78, 5) is 15.3. The van der Waals surface area contributed by atoms with E-state index in [9.17, 15) is 23.1 Å². The highest BCUT2D eigenvalue weighted by atomic mass is 35.5. The van der Waals surface area contributed by atoms with Gasteiger partial charge in [-0.15, -0.1) is 0 Å². The minimum atomic E-state index is -4.51. The van der Waals surface area contributed by atoms with Crippen molar-refractivity contribution in [3.05, 3.63) is 87.5 Å². The summed E-state index contributed by atoms with van der Waals surface area (Å²) in [6, 6.07) is 4.54. The number of benzene rings is 1. The van der Waals surface area contributed by atoms with Gasteiger partial charge in [-0.2, -0.15) is 18.3 Å². The molecular formula is C30H37ClF3N7O2. The highest BCUT2D eigenvalue weighted by Crippen LogP contribution is 2.32. The Kier molecular flexibility index (Phi) is 10.5. The van der Waals surface area contributed by atoms with Crippen molar-refractivity contribution in [2.75, 3.05) is 31.2 Å². The van der Waals surface area contributed by atoms with E-state index in [4.69, 9.17) is 23.2 Å². The van der Waals surface area contributed by atoms with Gasteiger partial charge in [0, 0.05) is 61.0 Å². The van der Waals surface area contributed by atoms with Gasteiger partial charge in [-0.3, -0.25) is 19.4 Å². The largest absolute Gasteiger partial charge is 0.413 e. The molecule has 43 heavy (non-hydrogen) atoms. The predicted molar refractivity (Wildman–Crippen MR) is 162 cm³/mol. The smallest absolute Gasteiger partial charge is 0.393 e. The topological polar surface area (TPSA) is 126 Å². The van der Waals surface area contributed by atoms with Gasteiger partial charge in [-0.25, -0.2) is 5.84 Å². The lowest BCUT2D eigenvalue weighted by atomic mass is 10.1. The number of hydrazine groups is 1. The van der Waals surface area contributed by atoms with Crippen molar-refractivity contribution in [1.29, 1.82) is 0 Å². The summed E-state index contributed by atoms with van der Waals surface area (Å²) in [7, 11) is 1.81. The maximum absolute atomic E-state index is 13.7. The van der Waals surface area contributed by atoms with Crippen LogP contribution in [0.15, 0.2) is 65.7 Å². The van der Waals surface area contributed by atoms with Gasteiger partial charge in [0.05, 0.1) is 23.0 Å². The number of aliphatic hydroxyl groups excluding tert-OH is 1. The number of nitrogens with two attached hydrogens (primary N) is 2. The molecule has 6 N–H and O–H groups in total. The van der Waals surface area contributed by atoms with Crippen LogP contribution in [0.5, 0.6) is 0 Å². The van der Waals surface area contributed by atoms with Gasteiger partial charge < -0.3 is 16.2 Å². The number of halogens is 4. The number of amides is 1. The van der Waals surface area contributed by atoms with Crippen molar-refractivity contribution in [3.8, 4) is 0 Å². The molecule has 1 aliphatic carbocycles. The number of hydrogen-bond donors (Lipinski definition) is 4. The van der Waals surface area contributed by atoms with E-state index in [-0.39, 0.29) is 35.8 Å². The molecular weight excluding hydrogens is 583 g/mol. The van der Waals surface area contributed by atoms with Crippen molar-refractivity contribution < 1.29 is 23.1 Å². The van der Waals surface area contributed by atoms with E-state index >= 15 is 0 Å². The Bertz CT molecular complexity index is 1460. The number of rotatable bonds is 8. The van der Waals surface area contributed by atoms with Crippen LogP contribution in [-0.2, 0) is 7.05 Å². The van der Waals surface area contributed by atoms with Crippen LogP contribution in [0.3, 0.4) is 0 Å². The summed E-state index contributed by atoms with van der Waals surface area (Å²) < 4.78 is 42.9. The fraction of sp³-hybridized carbons (Fsp3) is 0.400. The summed E-state index contributed by atoms with van der Waals surface area (Å²) >= 11 is 6.42. The molecule has 1 aromatic carbocycles. The average Bonchev–Trinajstić information content (AvgIpc) is 3.10. The number of likely N-dealkylation sites (tertiary alicyclic amines) is 1. The quantitative estimate of drug-likeness (QED) is 0.256. The third-order valence-electron chi connectivity index (χ3n) is 7.64. The molecule has 9 nitrogen and oxygen atoms in total. The molecule has 1 amide bonds. The Morgan fingerprint density at radius 3 is 2.72 bits per heavy atom. The molecule has 0 bridgehead atoms. The third kappa shape index (κ3) is 8.36. The average molecular weight is 620 g/mol. The minimum Gasteiger partial charge on any atom is -0.393 e. The van der Waals surface area contributed by atoms with Gasteiger partial charge >= 0.3 is 6.18 Å². The lowest BCUT2D eigenvalue weighted by molar-refractivity contribution is -0.0929. The van der Waals surface area contributed by atoms with E-state index in [2.05, 4.69) is 10.4 Å². The first-order valence-electron chi connectivity index (χ1n) is 14.0. The summed E-state index contributed by atoms with van der Waals surface area (Å²) in [6.07, 6.45) is 4.04. The van der Waals surface area contributed by atoms with E-state index in [0.29, 0.717) is 42.8 Å². The van der Waals surface area contributed by atoms with Crippen LogP contribution in [-0.4, -0.2) is 64.2 Å². The van der Waals surface area contributed by atoms with Crippen LogP contribution in [0.4, 0.5) is 18.9 Å². The summed E-state index contributed by atoms with van der Waals surface area (Å²) in [5.41, 5.74) is 8.90. The van der Waals surface area contributed by atoms with Crippen molar-refractivity contribution >= 4 is 28.8 Å². The summed E-state index contributed by atoms with van der Waals surface area (Å²) in [5.74, 6) is 5.79. The van der Waals surface area contributed by atoms with Gasteiger partial charge in [-0.05, 0) is 80.6 Å². The zero-order valence-electron chi connectivity index (χ0n) is 24.2. The first kappa shape index (κ1) is 32.5. The number of carbonyl (C=O) groups excluding carboxylic acids is 1. The molecule has 1 fully saturated rings. The molecule has 2 aliphatic rings. The zero-order valence-corrected chi connectivity index (χ0v) is 24.9. The Hall–Kier alpha value is -3.42. The number of aryl methyl sites for hydroxylation is 1. The molecule has 1 atom stereocenters. The van der Waals surface area contributed by atoms with Gasteiger partial charge in [0.1, 0.15) is 0 Å². The number of hydrogen-bond acceptors (Lipinski definition) is 7. The van der Waals surface area contributed by atoms with Crippen molar-refractivity contribution in [2.24, 2.45) is 18.6 Å². The van der Waals surface area contributed by atoms with E-state index in [0.717, 1.165) is 23.8 Å². The zero-order chi connectivity index (χ0) is 31.3. The lowest BCUT2D eigenvalue weighted by Crippen LogP contribution is -2.28. The number of allylic oxidation sites excluding steroid dienone is 3. The maximum atomic E-state index is 13.7. The van der Waals surface area contributed by atoms with Gasteiger partial charge in [0.2, 0.25) is 0 Å². The Morgan fingerprint density at radius 1 is 1.28 bits per heavy atom. The number of alkyl halides is 3. The molecule has 0 spiro atoms. The SMILES string of the molecule is Cc1c(/C(=C/N(N)c2cc(C(=O)NC3=CCC(C(F)(F)F)=CC(CN4CCCC(O)CC4)=C3)ccc2Cl)CN)cnn1C. The Labute approximate surface area is 253 Å². The fourth-order valence-corrected chi connectivity index (χ4v) is 5.29. The van der Waals surface area contributed by atoms with E-state index < -0.39 is 23.8 Å². The van der Waals surface area contributed by atoms with Crippen LogP contribution in [0.2, 0.25) is 5.02 Å².